The Kier molecular flexibility index (Phi) is 6.30. The van der Waals surface area contributed by atoms with Crippen LogP contribution in [-0.2, 0) is 9.59 Å². The van der Waals surface area contributed by atoms with Crippen molar-refractivity contribution in [1.29, 1.82) is 0 Å². The molecule has 1 aromatic rings. The molecule has 33 heavy (non-hydrogen) atoms. The molecule has 4 amide bonds. The van der Waals surface area contributed by atoms with Crippen LogP contribution in [0.1, 0.15) is 58.3 Å². The van der Waals surface area contributed by atoms with Crippen molar-refractivity contribution in [2.24, 2.45) is 29.6 Å². The molecule has 178 valence electrons. The number of hydrogen-bond acceptors (Lipinski definition) is 3. The number of anilines is 2. The second kappa shape index (κ2) is 9.35. The van der Waals surface area contributed by atoms with E-state index in [0.29, 0.717) is 49.3 Å². The van der Waals surface area contributed by atoms with E-state index in [0.717, 1.165) is 24.2 Å². The zero-order valence-corrected chi connectivity index (χ0v) is 19.5. The second-order valence-corrected chi connectivity index (χ2v) is 10.7. The SMILES string of the molecule is CC(=O)Nc1ccc(NC(=O)N2CCC(C(=O)NC3CC[C@@H]4C[C@H]5CC3C[C@@H]4C5)CC2)cc1. The Morgan fingerprint density at radius 1 is 0.788 bits per heavy atom. The molecule has 0 aromatic heterocycles. The van der Waals surface area contributed by atoms with E-state index in [1.165, 1.54) is 39.0 Å². The topological polar surface area (TPSA) is 90.5 Å². The summed E-state index contributed by atoms with van der Waals surface area (Å²) < 4.78 is 0. The Hall–Kier alpha value is -2.57. The minimum atomic E-state index is -0.141. The number of nitrogens with one attached hydrogen (secondary N) is 3. The Bertz CT molecular complexity index is 893. The van der Waals surface area contributed by atoms with Crippen molar-refractivity contribution in [1.82, 2.24) is 10.2 Å². The van der Waals surface area contributed by atoms with Gasteiger partial charge in [-0.3, -0.25) is 9.59 Å². The number of amides is 4. The van der Waals surface area contributed by atoms with Crippen molar-refractivity contribution in [3.63, 3.8) is 0 Å². The summed E-state index contributed by atoms with van der Waals surface area (Å²) in [6.07, 6.45) is 9.35. The van der Waals surface area contributed by atoms with Crippen LogP contribution in [0.5, 0.6) is 0 Å². The van der Waals surface area contributed by atoms with Gasteiger partial charge in [-0.25, -0.2) is 4.79 Å². The second-order valence-electron chi connectivity index (χ2n) is 10.7. The average Bonchev–Trinajstić information content (AvgIpc) is 3.03. The molecule has 7 nitrogen and oxygen atoms in total. The lowest BCUT2D eigenvalue weighted by atomic mass is 9.77. The van der Waals surface area contributed by atoms with E-state index < -0.39 is 0 Å². The van der Waals surface area contributed by atoms with Gasteiger partial charge >= 0.3 is 6.03 Å². The van der Waals surface area contributed by atoms with Crippen LogP contribution in [0.2, 0.25) is 0 Å². The predicted octanol–water partition coefficient (Wildman–Crippen LogP) is 4.22. The number of nitrogens with zero attached hydrogens (tertiary/aromatic N) is 1. The van der Waals surface area contributed by atoms with Crippen LogP contribution in [0.3, 0.4) is 0 Å². The number of urea groups is 1. The van der Waals surface area contributed by atoms with Crippen LogP contribution >= 0.6 is 0 Å². The van der Waals surface area contributed by atoms with Gasteiger partial charge in [0.1, 0.15) is 0 Å². The van der Waals surface area contributed by atoms with Crippen LogP contribution in [0.15, 0.2) is 24.3 Å². The fraction of sp³-hybridized carbons (Fsp3) is 0.654. The summed E-state index contributed by atoms with van der Waals surface area (Å²) in [7, 11) is 0. The fourth-order valence-corrected chi connectivity index (χ4v) is 6.92. The molecule has 2 unspecified atom stereocenters. The van der Waals surface area contributed by atoms with Gasteiger partial charge in [0, 0.05) is 43.3 Å². The first kappa shape index (κ1) is 22.2. The summed E-state index contributed by atoms with van der Waals surface area (Å²) in [4.78, 5) is 38.6. The zero-order valence-electron chi connectivity index (χ0n) is 19.5. The number of hydrogen-bond donors (Lipinski definition) is 3. The molecule has 1 aromatic carbocycles. The van der Waals surface area contributed by atoms with E-state index in [4.69, 9.17) is 0 Å². The molecule has 3 N–H and O–H groups in total. The van der Waals surface area contributed by atoms with E-state index in [-0.39, 0.29) is 23.8 Å². The average molecular weight is 453 g/mol. The third-order valence-corrected chi connectivity index (χ3v) is 8.54. The van der Waals surface area contributed by atoms with Crippen molar-refractivity contribution in [3.8, 4) is 0 Å². The molecular formula is C26H36N4O3. The number of rotatable bonds is 4. The highest BCUT2D eigenvalue weighted by molar-refractivity contribution is 5.91. The van der Waals surface area contributed by atoms with E-state index in [9.17, 15) is 14.4 Å². The van der Waals surface area contributed by atoms with Crippen molar-refractivity contribution in [2.45, 2.75) is 64.3 Å². The monoisotopic (exact) mass is 452 g/mol. The van der Waals surface area contributed by atoms with E-state index in [2.05, 4.69) is 16.0 Å². The van der Waals surface area contributed by atoms with Gasteiger partial charge < -0.3 is 20.9 Å². The first-order valence-electron chi connectivity index (χ1n) is 12.7. The largest absolute Gasteiger partial charge is 0.353 e. The Morgan fingerprint density at radius 3 is 2.12 bits per heavy atom. The number of benzene rings is 1. The summed E-state index contributed by atoms with van der Waals surface area (Å²) in [6.45, 7) is 2.64. The van der Waals surface area contributed by atoms with Gasteiger partial charge in [0.05, 0.1) is 0 Å². The van der Waals surface area contributed by atoms with Gasteiger partial charge in [-0.05, 0) is 99.3 Å². The van der Waals surface area contributed by atoms with Crippen molar-refractivity contribution >= 4 is 29.2 Å². The zero-order chi connectivity index (χ0) is 22.9. The van der Waals surface area contributed by atoms with E-state index >= 15 is 0 Å². The summed E-state index contributed by atoms with van der Waals surface area (Å²) >= 11 is 0. The molecule has 7 heteroatoms. The molecule has 3 saturated carbocycles. The molecule has 5 atom stereocenters. The third-order valence-electron chi connectivity index (χ3n) is 8.54. The van der Waals surface area contributed by atoms with Crippen LogP contribution in [-0.4, -0.2) is 41.9 Å². The molecule has 3 aliphatic carbocycles. The third kappa shape index (κ3) is 5.02. The van der Waals surface area contributed by atoms with E-state index in [1.807, 2.05) is 0 Å². The highest BCUT2D eigenvalue weighted by Crippen LogP contribution is 2.53. The van der Waals surface area contributed by atoms with Crippen LogP contribution in [0.25, 0.3) is 0 Å². The van der Waals surface area contributed by atoms with Crippen LogP contribution in [0, 0.1) is 29.6 Å². The molecule has 1 saturated heterocycles. The molecule has 3 bridgehead atoms. The number of carbonyl (C=O) groups is 3. The minimum absolute atomic E-state index is 0.00293. The number of piperidine rings is 1. The normalized spacial score (nSPS) is 31.1. The first-order valence-corrected chi connectivity index (χ1v) is 12.7. The van der Waals surface area contributed by atoms with Gasteiger partial charge in [-0.2, -0.15) is 0 Å². The Morgan fingerprint density at radius 2 is 1.42 bits per heavy atom. The molecular weight excluding hydrogens is 416 g/mol. The summed E-state index contributed by atoms with van der Waals surface area (Å²) in [5, 5.41) is 9.07. The van der Waals surface area contributed by atoms with Crippen molar-refractivity contribution < 1.29 is 14.4 Å². The molecule has 1 heterocycles. The molecule has 1 aliphatic heterocycles. The lowest BCUT2D eigenvalue weighted by Crippen LogP contribution is -2.48. The first-order chi connectivity index (χ1) is 15.9. The highest BCUT2D eigenvalue weighted by Gasteiger charge is 2.46. The summed E-state index contributed by atoms with van der Waals surface area (Å²) in [5.41, 5.74) is 1.38. The number of fused-ring (bicyclic) bond motifs is 2. The minimum Gasteiger partial charge on any atom is -0.353 e. The van der Waals surface area contributed by atoms with Crippen molar-refractivity contribution in [2.75, 3.05) is 23.7 Å². The maximum absolute atomic E-state index is 13.0. The Labute approximate surface area is 196 Å². The quantitative estimate of drug-likeness (QED) is 0.639. The van der Waals surface area contributed by atoms with Crippen molar-refractivity contribution in [3.05, 3.63) is 24.3 Å². The highest BCUT2D eigenvalue weighted by atomic mass is 16.2. The van der Waals surface area contributed by atoms with Crippen LogP contribution < -0.4 is 16.0 Å². The number of carbonyl (C=O) groups excluding carboxylic acids is 3. The Balaban J connectivity index is 1.08. The van der Waals surface area contributed by atoms with Gasteiger partial charge in [-0.15, -0.1) is 0 Å². The fourth-order valence-electron chi connectivity index (χ4n) is 6.92. The lowest BCUT2D eigenvalue weighted by molar-refractivity contribution is -0.127. The molecule has 5 rings (SSSR count). The predicted molar refractivity (Wildman–Crippen MR) is 128 cm³/mol. The molecule has 4 fully saturated rings. The van der Waals surface area contributed by atoms with Gasteiger partial charge in [0.25, 0.3) is 0 Å². The molecule has 0 spiro atoms. The van der Waals surface area contributed by atoms with Crippen LogP contribution in [0.4, 0.5) is 16.2 Å². The summed E-state index contributed by atoms with van der Waals surface area (Å²) in [5.74, 6) is 3.48. The lowest BCUT2D eigenvalue weighted by Gasteiger charge is -2.35. The van der Waals surface area contributed by atoms with E-state index in [1.54, 1.807) is 29.2 Å². The number of likely N-dealkylation sites (tertiary alicyclic amines) is 1. The standard InChI is InChI=1S/C26H36N4O3/c1-16(31)27-22-3-5-23(6-4-22)28-26(33)30-10-8-18(9-11-30)25(32)29-24-7-2-19-12-17-13-20(19)15-21(24)14-17/h3-6,17-21,24H,2,7-15H2,1H3,(H,27,31)(H,28,33)(H,29,32)/t17-,19-,20+,21?,24?/m1/s1. The molecule has 4 aliphatic rings. The maximum atomic E-state index is 13.0. The summed E-state index contributed by atoms with van der Waals surface area (Å²) in [6, 6.07) is 7.29. The van der Waals surface area contributed by atoms with Gasteiger partial charge in [-0.1, -0.05) is 0 Å². The van der Waals surface area contributed by atoms with Gasteiger partial charge in [0.2, 0.25) is 11.8 Å². The maximum Gasteiger partial charge on any atom is 0.321 e. The smallest absolute Gasteiger partial charge is 0.321 e. The van der Waals surface area contributed by atoms with Gasteiger partial charge in [0.15, 0.2) is 0 Å². The molecule has 0 radical (unpaired) electrons.